The number of halogens is 2. The SMILES string of the molecule is CC1(C)CC(=O)N([C@H](c2cccnc2)[C@H]2C[C@@H]2C(=O)NC2CC(C)(C)Oc3c(F)cc(F)cc32)C(N)=N1. The van der Waals surface area contributed by atoms with E-state index >= 15 is 0 Å². The van der Waals surface area contributed by atoms with E-state index in [9.17, 15) is 18.4 Å². The molecule has 8 nitrogen and oxygen atoms in total. The molecule has 3 heterocycles. The van der Waals surface area contributed by atoms with Crippen molar-refractivity contribution in [2.45, 2.75) is 70.2 Å². The van der Waals surface area contributed by atoms with Crippen LogP contribution in [0.15, 0.2) is 41.7 Å². The van der Waals surface area contributed by atoms with Crippen LogP contribution in [0.1, 0.15) is 70.2 Å². The number of hydrogen-bond donors (Lipinski definition) is 2. The summed E-state index contributed by atoms with van der Waals surface area (Å²) < 4.78 is 34.3. The zero-order valence-electron chi connectivity index (χ0n) is 21.3. The lowest BCUT2D eigenvalue weighted by Gasteiger charge is -2.38. The number of nitrogens with zero attached hydrogens (tertiary/aromatic N) is 3. The van der Waals surface area contributed by atoms with Gasteiger partial charge in [0.05, 0.1) is 24.0 Å². The number of guanidine groups is 1. The number of amides is 2. The molecule has 1 saturated carbocycles. The Morgan fingerprint density at radius 1 is 1.27 bits per heavy atom. The number of nitrogens with one attached hydrogen (secondary N) is 1. The fourth-order valence-electron chi connectivity index (χ4n) is 5.56. The fraction of sp³-hybridized carbons (Fsp3) is 0.481. The number of nitrogens with two attached hydrogens (primary N) is 1. The van der Waals surface area contributed by atoms with Gasteiger partial charge in [-0.1, -0.05) is 6.07 Å². The lowest BCUT2D eigenvalue weighted by molar-refractivity contribution is -0.132. The van der Waals surface area contributed by atoms with Crippen LogP contribution < -0.4 is 15.8 Å². The second-order valence-electron chi connectivity index (χ2n) is 11.4. The number of fused-ring (bicyclic) bond motifs is 1. The minimum Gasteiger partial charge on any atom is -0.484 e. The molecule has 196 valence electrons. The summed E-state index contributed by atoms with van der Waals surface area (Å²) in [4.78, 5) is 36.8. The minimum atomic E-state index is -0.802. The van der Waals surface area contributed by atoms with Gasteiger partial charge < -0.3 is 15.8 Å². The van der Waals surface area contributed by atoms with E-state index in [0.29, 0.717) is 12.8 Å². The first-order chi connectivity index (χ1) is 17.3. The summed E-state index contributed by atoms with van der Waals surface area (Å²) in [6.45, 7) is 7.28. The third-order valence-electron chi connectivity index (χ3n) is 7.21. The Kier molecular flexibility index (Phi) is 5.96. The molecule has 37 heavy (non-hydrogen) atoms. The van der Waals surface area contributed by atoms with E-state index in [2.05, 4.69) is 15.3 Å². The Labute approximate surface area is 214 Å². The molecule has 1 aliphatic carbocycles. The van der Waals surface area contributed by atoms with Crippen LogP contribution in [-0.2, 0) is 9.59 Å². The highest BCUT2D eigenvalue weighted by molar-refractivity contribution is 5.99. The van der Waals surface area contributed by atoms with Gasteiger partial charge in [0.2, 0.25) is 11.8 Å². The first-order valence-corrected chi connectivity index (χ1v) is 12.4. The summed E-state index contributed by atoms with van der Waals surface area (Å²) in [5.74, 6) is -2.53. The lowest BCUT2D eigenvalue weighted by Crippen LogP contribution is -2.52. The van der Waals surface area contributed by atoms with Gasteiger partial charge in [-0.3, -0.25) is 19.5 Å². The molecule has 0 saturated heterocycles. The Morgan fingerprint density at radius 2 is 2.03 bits per heavy atom. The van der Waals surface area contributed by atoms with Crippen LogP contribution >= 0.6 is 0 Å². The molecule has 2 aromatic rings. The number of rotatable bonds is 5. The van der Waals surface area contributed by atoms with E-state index < -0.39 is 40.8 Å². The molecule has 1 aromatic heterocycles. The van der Waals surface area contributed by atoms with Gasteiger partial charge in [0.15, 0.2) is 17.5 Å². The van der Waals surface area contributed by atoms with Crippen molar-refractivity contribution in [1.29, 1.82) is 0 Å². The number of ether oxygens (including phenoxy) is 1. The maximum atomic E-state index is 14.5. The van der Waals surface area contributed by atoms with Crippen molar-refractivity contribution in [1.82, 2.24) is 15.2 Å². The first kappa shape index (κ1) is 25.1. The maximum Gasteiger partial charge on any atom is 0.232 e. The predicted molar refractivity (Wildman–Crippen MR) is 132 cm³/mol. The average Bonchev–Trinajstić information content (AvgIpc) is 3.57. The lowest BCUT2D eigenvalue weighted by atomic mass is 9.89. The van der Waals surface area contributed by atoms with E-state index in [1.54, 1.807) is 32.3 Å². The molecule has 3 N–H and O–H groups in total. The standard InChI is InChI=1S/C27H31F2N5O3/c1-26(2)12-21(35)34(25(30)33-26)22(14-6-5-7-31-13-14)16-10-17(16)24(36)32-20-11-27(3,4)37-23-18(20)8-15(28)9-19(23)29/h5-9,13,16-17,20,22H,10-12H2,1-4H3,(H2,30,33)(H,32,36)/t16-,17-,20?,22+/m0/s1. The van der Waals surface area contributed by atoms with Gasteiger partial charge >= 0.3 is 0 Å². The third kappa shape index (κ3) is 4.89. The highest BCUT2D eigenvalue weighted by atomic mass is 19.1. The number of pyridine rings is 1. The van der Waals surface area contributed by atoms with Crippen molar-refractivity contribution in [2.24, 2.45) is 22.6 Å². The second-order valence-corrected chi connectivity index (χ2v) is 11.4. The normalized spacial score (nSPS) is 26.4. The van der Waals surface area contributed by atoms with Crippen LogP contribution in [0.5, 0.6) is 5.75 Å². The number of carbonyl (C=O) groups is 2. The molecule has 2 aliphatic heterocycles. The molecular weight excluding hydrogens is 480 g/mol. The smallest absolute Gasteiger partial charge is 0.232 e. The van der Waals surface area contributed by atoms with Crippen LogP contribution in [-0.4, -0.2) is 38.8 Å². The van der Waals surface area contributed by atoms with Gasteiger partial charge in [-0.2, -0.15) is 0 Å². The summed E-state index contributed by atoms with van der Waals surface area (Å²) in [5.41, 5.74) is 5.95. The summed E-state index contributed by atoms with van der Waals surface area (Å²) >= 11 is 0. The predicted octanol–water partition coefficient (Wildman–Crippen LogP) is 3.78. The van der Waals surface area contributed by atoms with E-state index in [1.807, 2.05) is 19.9 Å². The summed E-state index contributed by atoms with van der Waals surface area (Å²) in [6, 6.07) is 4.47. The molecule has 4 atom stereocenters. The quantitative estimate of drug-likeness (QED) is 0.635. The Bertz CT molecular complexity index is 1280. The molecular formula is C27H31F2N5O3. The van der Waals surface area contributed by atoms with E-state index in [1.165, 1.54) is 11.0 Å². The highest BCUT2D eigenvalue weighted by Gasteiger charge is 2.53. The summed E-state index contributed by atoms with van der Waals surface area (Å²) in [5, 5.41) is 2.99. The molecule has 1 fully saturated rings. The fourth-order valence-corrected chi connectivity index (χ4v) is 5.56. The summed E-state index contributed by atoms with van der Waals surface area (Å²) in [6.07, 6.45) is 4.36. The largest absolute Gasteiger partial charge is 0.484 e. The summed E-state index contributed by atoms with van der Waals surface area (Å²) in [7, 11) is 0. The molecule has 1 aromatic carbocycles. The van der Waals surface area contributed by atoms with Gasteiger partial charge in [0.25, 0.3) is 0 Å². The Balaban J connectivity index is 1.41. The van der Waals surface area contributed by atoms with Crippen LogP contribution in [0.25, 0.3) is 0 Å². The van der Waals surface area contributed by atoms with Crippen molar-refractivity contribution in [3.8, 4) is 5.75 Å². The monoisotopic (exact) mass is 511 g/mol. The highest BCUT2D eigenvalue weighted by Crippen LogP contribution is 2.51. The number of aromatic nitrogens is 1. The van der Waals surface area contributed by atoms with Crippen LogP contribution in [0.4, 0.5) is 8.78 Å². The van der Waals surface area contributed by atoms with Crippen LogP contribution in [0.3, 0.4) is 0 Å². The number of aliphatic imine (C=N–C) groups is 1. The van der Waals surface area contributed by atoms with Gasteiger partial charge in [-0.05, 0) is 57.7 Å². The average molecular weight is 512 g/mol. The molecule has 10 heteroatoms. The topological polar surface area (TPSA) is 110 Å². The number of benzene rings is 1. The maximum absolute atomic E-state index is 14.5. The molecule has 5 rings (SSSR count). The molecule has 2 amide bonds. The van der Waals surface area contributed by atoms with Gasteiger partial charge in [-0.25, -0.2) is 13.8 Å². The van der Waals surface area contributed by atoms with Crippen molar-refractivity contribution in [3.63, 3.8) is 0 Å². The Hall–Kier alpha value is -3.56. The van der Waals surface area contributed by atoms with E-state index in [0.717, 1.165) is 11.6 Å². The van der Waals surface area contributed by atoms with Crippen molar-refractivity contribution >= 4 is 17.8 Å². The Morgan fingerprint density at radius 3 is 2.70 bits per heavy atom. The molecule has 0 radical (unpaired) electrons. The zero-order chi connectivity index (χ0) is 26.7. The first-order valence-electron chi connectivity index (χ1n) is 12.4. The van der Waals surface area contributed by atoms with Crippen molar-refractivity contribution in [3.05, 3.63) is 59.4 Å². The minimum absolute atomic E-state index is 0.0472. The number of carbonyl (C=O) groups excluding carboxylic acids is 2. The van der Waals surface area contributed by atoms with Crippen LogP contribution in [0, 0.1) is 23.5 Å². The zero-order valence-corrected chi connectivity index (χ0v) is 21.3. The van der Waals surface area contributed by atoms with Gasteiger partial charge in [-0.15, -0.1) is 0 Å². The van der Waals surface area contributed by atoms with E-state index in [4.69, 9.17) is 10.5 Å². The van der Waals surface area contributed by atoms with Crippen LogP contribution in [0.2, 0.25) is 0 Å². The second kappa shape index (κ2) is 8.78. The third-order valence-corrected chi connectivity index (χ3v) is 7.21. The number of hydrogen-bond acceptors (Lipinski definition) is 6. The molecule has 3 aliphatic rings. The van der Waals surface area contributed by atoms with Crippen molar-refractivity contribution in [2.75, 3.05) is 0 Å². The molecule has 0 spiro atoms. The molecule has 0 bridgehead atoms. The van der Waals surface area contributed by atoms with Gasteiger partial charge in [0.1, 0.15) is 11.4 Å². The van der Waals surface area contributed by atoms with Gasteiger partial charge in [0, 0.05) is 36.4 Å². The van der Waals surface area contributed by atoms with Crippen molar-refractivity contribution < 1.29 is 23.1 Å². The molecule has 1 unspecified atom stereocenters. The van der Waals surface area contributed by atoms with E-state index in [-0.39, 0.29) is 41.4 Å².